The van der Waals surface area contributed by atoms with Gasteiger partial charge in [0.15, 0.2) is 4.34 Å². The van der Waals surface area contributed by atoms with Gasteiger partial charge in [0, 0.05) is 55.3 Å². The number of thioether (sulfide) groups is 1. The number of hydrogen-bond donors (Lipinski definition) is 3. The van der Waals surface area contributed by atoms with Gasteiger partial charge in [-0.1, -0.05) is 58.5 Å². The second kappa shape index (κ2) is 13.6. The highest BCUT2D eigenvalue weighted by Crippen LogP contribution is 2.36. The predicted octanol–water partition coefficient (Wildman–Crippen LogP) is 6.97. The Morgan fingerprint density at radius 2 is 1.33 bits per heavy atom. The van der Waals surface area contributed by atoms with E-state index in [4.69, 9.17) is 15.5 Å². The highest BCUT2D eigenvalue weighted by molar-refractivity contribution is 8.01. The summed E-state index contributed by atoms with van der Waals surface area (Å²) < 4.78 is 0.950. The molecule has 5 heterocycles. The van der Waals surface area contributed by atoms with Crippen LogP contribution in [0.1, 0.15) is 11.4 Å². The first-order valence-corrected chi connectivity index (χ1v) is 15.9. The van der Waals surface area contributed by atoms with Crippen LogP contribution in [0.25, 0.3) is 43.6 Å². The fourth-order valence-corrected chi connectivity index (χ4v) is 7.13. The van der Waals surface area contributed by atoms with Crippen LogP contribution in [0, 0.1) is 0 Å². The van der Waals surface area contributed by atoms with Gasteiger partial charge in [-0.2, -0.15) is 0 Å². The van der Waals surface area contributed by atoms with Crippen molar-refractivity contribution >= 4 is 96.9 Å². The van der Waals surface area contributed by atoms with Crippen LogP contribution in [-0.2, 0) is 4.79 Å². The highest BCUT2D eigenvalue weighted by atomic mass is 32.2. The maximum absolute atomic E-state index is 10.8. The molecule has 7 rings (SSSR count). The lowest BCUT2D eigenvalue weighted by atomic mass is 10.1. The minimum Gasteiger partial charge on any atom is -0.481 e. The van der Waals surface area contributed by atoms with E-state index in [0.29, 0.717) is 16.9 Å². The number of carboxylic acid groups (broad SMARTS) is 1. The largest absolute Gasteiger partial charge is 0.481 e. The van der Waals surface area contributed by atoms with Crippen molar-refractivity contribution < 1.29 is 20.3 Å². The second-order valence-electron chi connectivity index (χ2n) is 9.24. The van der Waals surface area contributed by atoms with Crippen molar-refractivity contribution in [2.75, 3.05) is 5.75 Å². The average molecular weight is 652 g/mol. The number of carboxylic acids is 1. The minimum atomic E-state index is -0.897. The molecule has 7 aromatic rings. The zero-order valence-corrected chi connectivity index (χ0v) is 25.5. The molecular weight excluding hydrogens is 631 g/mol. The van der Waals surface area contributed by atoms with Crippen molar-refractivity contribution in [2.45, 2.75) is 14.1 Å². The van der Waals surface area contributed by atoms with Crippen LogP contribution in [0.5, 0.6) is 0 Å². The number of aliphatic carboxylic acids is 1. The molecule has 0 atom stereocenters. The summed E-state index contributed by atoms with van der Waals surface area (Å²) in [7, 11) is 0. The van der Waals surface area contributed by atoms with E-state index in [1.807, 2.05) is 60.0 Å². The third kappa shape index (κ3) is 6.67. The molecule has 0 amide bonds. The molecule has 14 heteroatoms. The number of nitrogens with zero attached hydrogens (tertiary/aromatic N) is 7. The number of oxime groups is 2. The Kier molecular flexibility index (Phi) is 9.05. The van der Waals surface area contributed by atoms with Crippen molar-refractivity contribution in [3.63, 3.8) is 0 Å². The lowest BCUT2D eigenvalue weighted by Crippen LogP contribution is -1.99. The molecule has 0 spiro atoms. The smallest absolute Gasteiger partial charge is 0.313 e. The summed E-state index contributed by atoms with van der Waals surface area (Å²) in [6, 6.07) is 19.2. The maximum atomic E-state index is 10.8. The van der Waals surface area contributed by atoms with Crippen molar-refractivity contribution in [2.24, 2.45) is 10.3 Å². The molecule has 0 unspecified atom stereocenters. The van der Waals surface area contributed by atoms with E-state index in [0.717, 1.165) is 52.2 Å². The first-order valence-electron chi connectivity index (χ1n) is 13.2. The summed E-state index contributed by atoms with van der Waals surface area (Å²) in [5.41, 5.74) is 4.03. The van der Waals surface area contributed by atoms with Gasteiger partial charge in [0.1, 0.15) is 0 Å². The Labute approximate surface area is 267 Å². The van der Waals surface area contributed by atoms with Crippen molar-refractivity contribution in [3.8, 4) is 0 Å². The van der Waals surface area contributed by atoms with Crippen LogP contribution >= 0.6 is 34.9 Å². The zero-order valence-electron chi connectivity index (χ0n) is 23.0. The number of aromatic nitrogens is 5. The molecule has 0 aliphatic rings. The summed E-state index contributed by atoms with van der Waals surface area (Å²) >= 11 is 4.35. The van der Waals surface area contributed by atoms with E-state index in [2.05, 4.69) is 35.2 Å². The van der Waals surface area contributed by atoms with E-state index >= 15 is 0 Å². The van der Waals surface area contributed by atoms with Gasteiger partial charge < -0.3 is 15.5 Å². The molecule has 0 aliphatic heterocycles. The lowest BCUT2D eigenvalue weighted by Gasteiger charge is -2.08. The molecule has 222 valence electrons. The Morgan fingerprint density at radius 3 is 1.87 bits per heavy atom. The molecule has 5 aromatic heterocycles. The summed E-state index contributed by atoms with van der Waals surface area (Å²) in [6.07, 6.45) is 7.76. The lowest BCUT2D eigenvalue weighted by molar-refractivity contribution is -0.133. The van der Waals surface area contributed by atoms with Crippen molar-refractivity contribution in [3.05, 3.63) is 96.0 Å². The first kappa shape index (κ1) is 29.9. The molecule has 0 bridgehead atoms. The quantitative estimate of drug-likeness (QED) is 0.0535. The molecular formula is C31H21N7O4S3. The summed E-state index contributed by atoms with van der Waals surface area (Å²) in [5.74, 6) is -0.957. The number of fused-ring (bicyclic) bond motifs is 6. The number of benzene rings is 2. The van der Waals surface area contributed by atoms with E-state index in [1.165, 1.54) is 24.2 Å². The van der Waals surface area contributed by atoms with Crippen molar-refractivity contribution in [1.82, 2.24) is 24.9 Å². The number of hydrogen-bond acceptors (Lipinski definition) is 13. The minimum absolute atomic E-state index is 0.0604. The number of carbonyl (C=O) groups is 1. The van der Waals surface area contributed by atoms with Crippen molar-refractivity contribution in [1.29, 1.82) is 0 Å². The third-order valence-electron chi connectivity index (χ3n) is 6.40. The summed E-state index contributed by atoms with van der Waals surface area (Å²) in [4.78, 5) is 34.7. The first-order chi connectivity index (χ1) is 22.0. The summed E-state index contributed by atoms with van der Waals surface area (Å²) in [6.45, 7) is 0. The van der Waals surface area contributed by atoms with Gasteiger partial charge in [0.2, 0.25) is 0 Å². The van der Waals surface area contributed by atoms with Crippen LogP contribution < -0.4 is 0 Å². The molecule has 0 saturated carbocycles. The molecule has 0 saturated heterocycles. The molecule has 2 aromatic carbocycles. The fourth-order valence-electron chi connectivity index (χ4n) is 4.58. The Hall–Kier alpha value is -5.18. The van der Waals surface area contributed by atoms with Gasteiger partial charge in [-0.25, -0.2) is 15.0 Å². The third-order valence-corrected chi connectivity index (χ3v) is 9.39. The topological polar surface area (TPSA) is 167 Å². The summed E-state index contributed by atoms with van der Waals surface area (Å²) in [5, 5.41) is 38.3. The monoisotopic (exact) mass is 651 g/mol. The predicted molar refractivity (Wildman–Crippen MR) is 177 cm³/mol. The standard InChI is InChI=1S/C16H10N4OS2.C15H11N3O3S/c21-19-9-11-8-13(23-16-18-6-7-22-16)12-4-3-10-2-1-5-17-14(10)15(12)20-11;19-13(20)8-22-12-6-10(7-17-21)18-15-11(12)4-3-9-2-1-5-16-14(9)15/h1-9,21H;1-7,21H,8H2,(H,19,20). The van der Waals surface area contributed by atoms with Crippen LogP contribution in [0.4, 0.5) is 0 Å². The Morgan fingerprint density at radius 1 is 0.756 bits per heavy atom. The SMILES string of the molecule is O=C(O)CSc1cc(C=NO)nc2c1ccc1cccnc12.ON=Cc1cc(Sc2nccs2)c2ccc3cccnc3c2n1. The molecule has 0 aliphatic carbocycles. The molecule has 11 nitrogen and oxygen atoms in total. The van der Waals surface area contributed by atoms with Gasteiger partial charge in [-0.3, -0.25) is 14.8 Å². The normalized spacial score (nSPS) is 11.6. The van der Waals surface area contributed by atoms with E-state index in [1.54, 1.807) is 47.8 Å². The zero-order chi connectivity index (χ0) is 31.2. The Bertz CT molecular complexity index is 2230. The van der Waals surface area contributed by atoms with E-state index in [9.17, 15) is 4.79 Å². The number of pyridine rings is 4. The van der Waals surface area contributed by atoms with Gasteiger partial charge in [0.05, 0.1) is 51.6 Å². The second-order valence-corrected chi connectivity index (χ2v) is 12.4. The average Bonchev–Trinajstić information content (AvgIpc) is 3.57. The van der Waals surface area contributed by atoms with Gasteiger partial charge >= 0.3 is 5.97 Å². The number of rotatable bonds is 7. The van der Waals surface area contributed by atoms with Crippen LogP contribution in [0.3, 0.4) is 0 Å². The van der Waals surface area contributed by atoms with Gasteiger partial charge in [-0.15, -0.1) is 23.1 Å². The van der Waals surface area contributed by atoms with Crippen LogP contribution in [0.2, 0.25) is 0 Å². The molecule has 0 radical (unpaired) electrons. The number of thiazole rings is 1. The van der Waals surface area contributed by atoms with E-state index < -0.39 is 5.97 Å². The van der Waals surface area contributed by atoms with Crippen LogP contribution in [-0.4, -0.2) is 64.6 Å². The van der Waals surface area contributed by atoms with Gasteiger partial charge in [0.25, 0.3) is 0 Å². The highest BCUT2D eigenvalue weighted by Gasteiger charge is 2.13. The van der Waals surface area contributed by atoms with Crippen LogP contribution in [0.15, 0.2) is 109 Å². The van der Waals surface area contributed by atoms with Gasteiger partial charge in [-0.05, 0) is 24.3 Å². The molecule has 0 fully saturated rings. The maximum Gasteiger partial charge on any atom is 0.313 e. The molecule has 45 heavy (non-hydrogen) atoms. The Balaban J connectivity index is 0.000000159. The fraction of sp³-hybridized carbons (Fsp3) is 0.0323. The molecule has 3 N–H and O–H groups in total. The van der Waals surface area contributed by atoms with E-state index in [-0.39, 0.29) is 5.75 Å².